The van der Waals surface area contributed by atoms with E-state index in [1.807, 2.05) is 30.7 Å². The molecule has 0 amide bonds. The van der Waals surface area contributed by atoms with Gasteiger partial charge >= 0.3 is 0 Å². The summed E-state index contributed by atoms with van der Waals surface area (Å²) in [5, 5.41) is 0.700. The summed E-state index contributed by atoms with van der Waals surface area (Å²) < 4.78 is 12.7. The fourth-order valence-electron chi connectivity index (χ4n) is 1.35. The highest BCUT2D eigenvalue weighted by Crippen LogP contribution is 2.16. The van der Waals surface area contributed by atoms with Crippen molar-refractivity contribution in [2.75, 3.05) is 0 Å². The average molecular weight is 220 g/mol. The van der Waals surface area contributed by atoms with Gasteiger partial charge in [-0.2, -0.15) is 0 Å². The zero-order valence-corrected chi connectivity index (χ0v) is 8.71. The third-order valence-corrected chi connectivity index (χ3v) is 2.29. The van der Waals surface area contributed by atoms with Gasteiger partial charge in [0.1, 0.15) is 5.82 Å². The topological polar surface area (TPSA) is 0 Å². The molecule has 1 radical (unpaired) electrons. The van der Waals surface area contributed by atoms with Gasteiger partial charge in [0, 0.05) is 11.4 Å². The Morgan fingerprint density at radius 1 is 0.933 bits per heavy atom. The molecule has 0 saturated carbocycles. The first kappa shape index (κ1) is 10.2. The molecule has 15 heavy (non-hydrogen) atoms. The summed E-state index contributed by atoms with van der Waals surface area (Å²) in [5.41, 5.74) is 1.97. The molecule has 0 heterocycles. The van der Waals surface area contributed by atoms with E-state index in [4.69, 9.17) is 11.6 Å². The molecule has 2 heteroatoms. The van der Waals surface area contributed by atoms with Gasteiger partial charge in [0.05, 0.1) is 0 Å². The maximum absolute atomic E-state index is 12.7. The summed E-state index contributed by atoms with van der Waals surface area (Å²) in [6.45, 7) is 0. The summed E-state index contributed by atoms with van der Waals surface area (Å²) in [7, 11) is 0. The van der Waals surface area contributed by atoms with E-state index in [-0.39, 0.29) is 5.82 Å². The number of rotatable bonds is 2. The molecule has 0 aliphatic rings. The standard InChI is InChI=1S/C13H9ClF/c14-12-3-1-2-11(9-12)8-10-4-6-13(15)7-5-10/h1-9H. The summed E-state index contributed by atoms with van der Waals surface area (Å²) >= 11 is 5.86. The van der Waals surface area contributed by atoms with Crippen LogP contribution in [-0.4, -0.2) is 0 Å². The first-order valence-electron chi connectivity index (χ1n) is 4.60. The van der Waals surface area contributed by atoms with E-state index in [0.29, 0.717) is 5.02 Å². The Hall–Kier alpha value is -1.34. The second kappa shape index (κ2) is 4.45. The van der Waals surface area contributed by atoms with Crippen LogP contribution in [0, 0.1) is 12.2 Å². The van der Waals surface area contributed by atoms with Crippen LogP contribution in [-0.2, 0) is 0 Å². The van der Waals surface area contributed by atoms with Crippen LogP contribution in [0.3, 0.4) is 0 Å². The van der Waals surface area contributed by atoms with Crippen molar-refractivity contribution in [2.45, 2.75) is 0 Å². The third-order valence-electron chi connectivity index (χ3n) is 2.05. The highest BCUT2D eigenvalue weighted by atomic mass is 35.5. The Labute approximate surface area is 93.3 Å². The van der Waals surface area contributed by atoms with Gasteiger partial charge in [0.25, 0.3) is 0 Å². The van der Waals surface area contributed by atoms with Gasteiger partial charge in [-0.15, -0.1) is 0 Å². The highest BCUT2D eigenvalue weighted by Gasteiger charge is 1.98. The van der Waals surface area contributed by atoms with Crippen LogP contribution in [0.1, 0.15) is 11.1 Å². The Bertz CT molecular complexity index is 448. The minimum atomic E-state index is -0.224. The summed E-state index contributed by atoms with van der Waals surface area (Å²) in [6, 6.07) is 13.9. The Kier molecular flexibility index (Phi) is 3.02. The van der Waals surface area contributed by atoms with E-state index in [9.17, 15) is 4.39 Å². The van der Waals surface area contributed by atoms with Gasteiger partial charge in [-0.3, -0.25) is 0 Å². The monoisotopic (exact) mass is 219 g/mol. The first-order chi connectivity index (χ1) is 7.24. The lowest BCUT2D eigenvalue weighted by Gasteiger charge is -2.01. The molecule has 0 atom stereocenters. The molecule has 0 spiro atoms. The van der Waals surface area contributed by atoms with E-state index in [1.165, 1.54) is 12.1 Å². The molecule has 0 aromatic heterocycles. The van der Waals surface area contributed by atoms with Crippen LogP contribution in [0.2, 0.25) is 5.02 Å². The first-order valence-corrected chi connectivity index (χ1v) is 4.98. The number of halogens is 2. The maximum atomic E-state index is 12.7. The van der Waals surface area contributed by atoms with Crippen LogP contribution in [0.5, 0.6) is 0 Å². The molecule has 0 N–H and O–H groups in total. The lowest BCUT2D eigenvalue weighted by Crippen LogP contribution is -1.85. The van der Waals surface area contributed by atoms with Gasteiger partial charge in [-0.1, -0.05) is 35.9 Å². The summed E-state index contributed by atoms with van der Waals surface area (Å²) in [4.78, 5) is 0. The van der Waals surface area contributed by atoms with Crippen molar-refractivity contribution in [3.63, 3.8) is 0 Å². The molecule has 0 aliphatic carbocycles. The molecule has 0 unspecified atom stereocenters. The van der Waals surface area contributed by atoms with E-state index in [0.717, 1.165) is 11.1 Å². The number of benzene rings is 2. The van der Waals surface area contributed by atoms with Gasteiger partial charge in [-0.25, -0.2) is 4.39 Å². The van der Waals surface area contributed by atoms with Crippen LogP contribution in [0.25, 0.3) is 0 Å². The van der Waals surface area contributed by atoms with Crippen molar-refractivity contribution in [1.82, 2.24) is 0 Å². The fraction of sp³-hybridized carbons (Fsp3) is 0. The van der Waals surface area contributed by atoms with Gasteiger partial charge in [0.2, 0.25) is 0 Å². The van der Waals surface area contributed by atoms with Crippen molar-refractivity contribution >= 4 is 11.6 Å². The quantitative estimate of drug-likeness (QED) is 0.714. The molecule has 2 aromatic rings. The van der Waals surface area contributed by atoms with Crippen LogP contribution in [0.15, 0.2) is 48.5 Å². The van der Waals surface area contributed by atoms with Crippen LogP contribution in [0.4, 0.5) is 4.39 Å². The second-order valence-corrected chi connectivity index (χ2v) is 3.69. The largest absolute Gasteiger partial charge is 0.207 e. The lowest BCUT2D eigenvalue weighted by atomic mass is 10.1. The molecule has 2 rings (SSSR count). The van der Waals surface area contributed by atoms with Gasteiger partial charge in [-0.05, 0) is 35.4 Å². The predicted octanol–water partition coefficient (Wildman–Crippen LogP) is 4.08. The predicted molar refractivity (Wildman–Crippen MR) is 60.4 cm³/mol. The SMILES string of the molecule is Fc1ccc([CH]c2cccc(Cl)c2)cc1. The molecule has 0 saturated heterocycles. The Balaban J connectivity index is 2.18. The highest BCUT2D eigenvalue weighted by molar-refractivity contribution is 6.30. The van der Waals surface area contributed by atoms with E-state index in [2.05, 4.69) is 0 Å². The minimum Gasteiger partial charge on any atom is -0.207 e. The van der Waals surface area contributed by atoms with Crippen molar-refractivity contribution in [3.05, 3.63) is 76.9 Å². The Morgan fingerprint density at radius 2 is 1.67 bits per heavy atom. The molecule has 0 aliphatic heterocycles. The second-order valence-electron chi connectivity index (χ2n) is 3.25. The smallest absolute Gasteiger partial charge is 0.123 e. The van der Waals surface area contributed by atoms with Gasteiger partial charge in [0.15, 0.2) is 0 Å². The zero-order chi connectivity index (χ0) is 10.7. The third kappa shape index (κ3) is 2.80. The molecular formula is C13H9ClF. The lowest BCUT2D eigenvalue weighted by molar-refractivity contribution is 0.627. The molecule has 0 bridgehead atoms. The van der Waals surface area contributed by atoms with Crippen molar-refractivity contribution in [3.8, 4) is 0 Å². The molecule has 0 nitrogen and oxygen atoms in total. The van der Waals surface area contributed by atoms with Crippen molar-refractivity contribution < 1.29 is 4.39 Å². The van der Waals surface area contributed by atoms with E-state index in [1.54, 1.807) is 12.1 Å². The fourth-order valence-corrected chi connectivity index (χ4v) is 1.55. The van der Waals surface area contributed by atoms with Crippen LogP contribution < -0.4 is 0 Å². The molecule has 2 aromatic carbocycles. The van der Waals surface area contributed by atoms with Gasteiger partial charge < -0.3 is 0 Å². The Morgan fingerprint density at radius 3 is 2.33 bits per heavy atom. The zero-order valence-electron chi connectivity index (χ0n) is 7.95. The number of hydrogen-bond acceptors (Lipinski definition) is 0. The minimum absolute atomic E-state index is 0.224. The molecule has 75 valence electrons. The normalized spacial score (nSPS) is 10.3. The summed E-state index contributed by atoms with van der Waals surface area (Å²) in [5.74, 6) is -0.224. The van der Waals surface area contributed by atoms with Crippen LogP contribution >= 0.6 is 11.6 Å². The number of hydrogen-bond donors (Lipinski definition) is 0. The van der Waals surface area contributed by atoms with Crippen molar-refractivity contribution in [1.29, 1.82) is 0 Å². The van der Waals surface area contributed by atoms with E-state index >= 15 is 0 Å². The molecule has 0 fully saturated rings. The average Bonchev–Trinajstić information content (AvgIpc) is 2.22. The molecular weight excluding hydrogens is 211 g/mol. The maximum Gasteiger partial charge on any atom is 0.123 e. The van der Waals surface area contributed by atoms with Crippen molar-refractivity contribution in [2.24, 2.45) is 0 Å². The van der Waals surface area contributed by atoms with E-state index < -0.39 is 0 Å². The summed E-state index contributed by atoms with van der Waals surface area (Å²) in [6.07, 6.45) is 1.95.